The van der Waals surface area contributed by atoms with Crippen molar-refractivity contribution < 1.29 is 18.4 Å². The number of piperidine rings is 1. The molecule has 8 heteroatoms. The third-order valence-corrected chi connectivity index (χ3v) is 6.83. The second kappa shape index (κ2) is 10.6. The minimum atomic E-state index is -0.867. The average molecular weight is 476 g/mol. The van der Waals surface area contributed by atoms with Crippen LogP contribution in [0.4, 0.5) is 8.78 Å². The molecule has 1 N–H and O–H groups in total. The Labute approximate surface area is 197 Å². The highest BCUT2D eigenvalue weighted by molar-refractivity contribution is 6.30. The van der Waals surface area contributed by atoms with Crippen LogP contribution >= 0.6 is 11.6 Å². The van der Waals surface area contributed by atoms with Crippen LogP contribution in [0.15, 0.2) is 42.5 Å². The fourth-order valence-corrected chi connectivity index (χ4v) is 4.94. The number of rotatable bonds is 6. The normalized spacial score (nSPS) is 18.3. The number of hydrogen-bond acceptors (Lipinski definition) is 3. The fraction of sp³-hybridized carbons (Fsp3) is 0.440. The van der Waals surface area contributed by atoms with E-state index in [9.17, 15) is 18.4 Å². The van der Waals surface area contributed by atoms with Crippen LogP contribution in [0.2, 0.25) is 5.02 Å². The van der Waals surface area contributed by atoms with Crippen LogP contribution in [-0.4, -0.2) is 54.3 Å². The molecule has 2 saturated heterocycles. The molecule has 0 bridgehead atoms. The summed E-state index contributed by atoms with van der Waals surface area (Å²) in [5.74, 6) is -2.29. The smallest absolute Gasteiger partial charge is 0.256 e. The van der Waals surface area contributed by atoms with Crippen LogP contribution in [0.1, 0.15) is 47.6 Å². The predicted octanol–water partition coefficient (Wildman–Crippen LogP) is 4.42. The number of carbonyl (C=O) groups is 2. The van der Waals surface area contributed by atoms with Gasteiger partial charge in [-0.1, -0.05) is 23.7 Å². The van der Waals surface area contributed by atoms with Gasteiger partial charge in [-0.2, -0.15) is 0 Å². The Bertz CT molecular complexity index is 1000. The van der Waals surface area contributed by atoms with E-state index in [2.05, 4.69) is 10.2 Å². The summed E-state index contributed by atoms with van der Waals surface area (Å²) >= 11 is 6.20. The van der Waals surface area contributed by atoms with Crippen molar-refractivity contribution in [2.24, 2.45) is 5.92 Å². The zero-order valence-electron chi connectivity index (χ0n) is 18.4. The van der Waals surface area contributed by atoms with Crippen molar-refractivity contribution in [3.05, 3.63) is 70.2 Å². The lowest BCUT2D eigenvalue weighted by atomic mass is 9.95. The van der Waals surface area contributed by atoms with Gasteiger partial charge in [-0.25, -0.2) is 8.78 Å². The summed E-state index contributed by atoms with van der Waals surface area (Å²) in [6.45, 7) is 3.20. The number of likely N-dealkylation sites (tertiary alicyclic amines) is 2. The lowest BCUT2D eigenvalue weighted by molar-refractivity contribution is -0.126. The van der Waals surface area contributed by atoms with Gasteiger partial charge in [-0.3, -0.25) is 14.5 Å². The molecule has 0 aromatic heterocycles. The maximum atomic E-state index is 14.0. The van der Waals surface area contributed by atoms with Crippen LogP contribution in [0.3, 0.4) is 0 Å². The number of nitrogens with one attached hydrogen (secondary N) is 1. The monoisotopic (exact) mass is 475 g/mol. The number of amides is 2. The molecule has 2 aliphatic rings. The van der Waals surface area contributed by atoms with Crippen LogP contribution in [0, 0.1) is 17.6 Å². The Morgan fingerprint density at radius 1 is 1.03 bits per heavy atom. The Hall–Kier alpha value is -2.51. The zero-order chi connectivity index (χ0) is 23.4. The van der Waals surface area contributed by atoms with E-state index in [0.29, 0.717) is 43.6 Å². The first-order valence-corrected chi connectivity index (χ1v) is 11.8. The van der Waals surface area contributed by atoms with E-state index in [0.717, 1.165) is 37.6 Å². The van der Waals surface area contributed by atoms with Crippen molar-refractivity contribution >= 4 is 23.4 Å². The Kier molecular flexibility index (Phi) is 7.60. The van der Waals surface area contributed by atoms with Gasteiger partial charge in [0.1, 0.15) is 11.6 Å². The third-order valence-electron chi connectivity index (χ3n) is 6.60. The Morgan fingerprint density at radius 3 is 2.42 bits per heavy atom. The molecule has 0 aliphatic carbocycles. The van der Waals surface area contributed by atoms with Gasteiger partial charge >= 0.3 is 0 Å². The minimum Gasteiger partial charge on any atom is -0.354 e. The van der Waals surface area contributed by atoms with Gasteiger partial charge in [0, 0.05) is 36.6 Å². The van der Waals surface area contributed by atoms with Crippen molar-refractivity contribution in [1.29, 1.82) is 0 Å². The van der Waals surface area contributed by atoms with Crippen molar-refractivity contribution in [3.8, 4) is 0 Å². The fourth-order valence-electron chi connectivity index (χ4n) is 4.74. The molecule has 33 heavy (non-hydrogen) atoms. The molecular formula is C25H28ClF2N3O2. The van der Waals surface area contributed by atoms with Gasteiger partial charge in [-0.15, -0.1) is 0 Å². The molecule has 5 nitrogen and oxygen atoms in total. The van der Waals surface area contributed by atoms with E-state index in [1.165, 1.54) is 11.0 Å². The van der Waals surface area contributed by atoms with Crippen LogP contribution in [0.5, 0.6) is 0 Å². The first-order chi connectivity index (χ1) is 15.9. The van der Waals surface area contributed by atoms with Crippen LogP contribution in [-0.2, 0) is 4.79 Å². The Morgan fingerprint density at radius 2 is 1.76 bits per heavy atom. The Balaban J connectivity index is 1.33. The molecule has 0 spiro atoms. The summed E-state index contributed by atoms with van der Waals surface area (Å²) in [5.41, 5.74) is 0.945. The van der Waals surface area contributed by atoms with Crippen LogP contribution < -0.4 is 5.32 Å². The molecule has 2 aromatic carbocycles. The first kappa shape index (κ1) is 23.6. The molecule has 176 valence electrons. The second-order valence-electron chi connectivity index (χ2n) is 8.75. The number of benzene rings is 2. The number of carbonyl (C=O) groups excluding carboxylic acids is 2. The highest BCUT2D eigenvalue weighted by atomic mass is 35.5. The van der Waals surface area contributed by atoms with Gasteiger partial charge < -0.3 is 10.2 Å². The molecule has 1 atom stereocenters. The van der Waals surface area contributed by atoms with Gasteiger partial charge in [0.05, 0.1) is 11.6 Å². The predicted molar refractivity (Wildman–Crippen MR) is 123 cm³/mol. The lowest BCUT2D eigenvalue weighted by Gasteiger charge is -2.33. The molecule has 0 radical (unpaired) electrons. The number of hydrogen-bond donors (Lipinski definition) is 1. The number of nitrogens with zero attached hydrogens (tertiary/aromatic N) is 2. The van der Waals surface area contributed by atoms with E-state index in [1.54, 1.807) is 0 Å². The lowest BCUT2D eigenvalue weighted by Crippen LogP contribution is -2.45. The average Bonchev–Trinajstić information content (AvgIpc) is 3.33. The van der Waals surface area contributed by atoms with E-state index in [-0.39, 0.29) is 23.4 Å². The quantitative estimate of drug-likeness (QED) is 0.672. The van der Waals surface area contributed by atoms with Gasteiger partial charge in [0.25, 0.3) is 5.91 Å². The summed E-state index contributed by atoms with van der Waals surface area (Å²) < 4.78 is 27.1. The van der Waals surface area contributed by atoms with Gasteiger partial charge in [0.15, 0.2) is 0 Å². The summed E-state index contributed by atoms with van der Waals surface area (Å²) in [4.78, 5) is 29.4. The van der Waals surface area contributed by atoms with Crippen molar-refractivity contribution in [1.82, 2.24) is 15.1 Å². The van der Waals surface area contributed by atoms with Gasteiger partial charge in [0.2, 0.25) is 5.91 Å². The van der Waals surface area contributed by atoms with E-state index < -0.39 is 17.5 Å². The molecule has 4 rings (SSSR count). The first-order valence-electron chi connectivity index (χ1n) is 11.4. The molecule has 2 heterocycles. The highest BCUT2D eigenvalue weighted by Gasteiger charge is 2.30. The maximum absolute atomic E-state index is 14.0. The second-order valence-corrected chi connectivity index (χ2v) is 9.19. The van der Waals surface area contributed by atoms with E-state index >= 15 is 0 Å². The molecule has 2 amide bonds. The topological polar surface area (TPSA) is 52.7 Å². The van der Waals surface area contributed by atoms with Crippen molar-refractivity contribution in [3.63, 3.8) is 0 Å². The molecule has 0 saturated carbocycles. The highest BCUT2D eigenvalue weighted by Crippen LogP contribution is 2.27. The number of halogens is 3. The summed E-state index contributed by atoms with van der Waals surface area (Å²) in [6, 6.07) is 10.8. The van der Waals surface area contributed by atoms with E-state index in [4.69, 9.17) is 11.6 Å². The molecule has 2 aromatic rings. The molecular weight excluding hydrogens is 448 g/mol. The molecule has 2 aliphatic heterocycles. The largest absolute Gasteiger partial charge is 0.354 e. The summed E-state index contributed by atoms with van der Waals surface area (Å²) in [7, 11) is 0. The molecule has 2 fully saturated rings. The molecule has 1 unspecified atom stereocenters. The zero-order valence-corrected chi connectivity index (χ0v) is 19.2. The van der Waals surface area contributed by atoms with Gasteiger partial charge in [-0.05, 0) is 68.6 Å². The summed E-state index contributed by atoms with van der Waals surface area (Å²) in [5, 5.41) is 3.79. The van der Waals surface area contributed by atoms with Crippen LogP contribution in [0.25, 0.3) is 0 Å². The third kappa shape index (κ3) is 5.71. The van der Waals surface area contributed by atoms with Crippen molar-refractivity contribution in [2.45, 2.75) is 31.7 Å². The van der Waals surface area contributed by atoms with E-state index in [1.807, 2.05) is 24.3 Å². The van der Waals surface area contributed by atoms with Crippen molar-refractivity contribution in [2.75, 3.05) is 32.7 Å². The summed E-state index contributed by atoms with van der Waals surface area (Å²) in [6.07, 6.45) is 3.30. The maximum Gasteiger partial charge on any atom is 0.256 e. The minimum absolute atomic E-state index is 0.0266. The SMILES string of the molecule is O=C(NCC(c1cccc(Cl)c1)N1CCCC1)C1CCN(C(=O)c2ccc(F)cc2F)CC1. The standard InChI is InChI=1S/C25H28ClF2N3O2/c26-19-5-3-4-18(14-19)23(30-10-1-2-11-30)16-29-24(32)17-8-12-31(13-9-17)25(33)21-7-6-20(27)15-22(21)28/h3-7,14-15,17,23H,1-2,8-13,16H2,(H,29,32).